The molecule has 0 radical (unpaired) electrons. The van der Waals surface area contributed by atoms with Crippen molar-refractivity contribution in [2.75, 3.05) is 12.4 Å². The van der Waals surface area contributed by atoms with Gasteiger partial charge in [-0.25, -0.2) is 13.8 Å². The van der Waals surface area contributed by atoms with Gasteiger partial charge in [0, 0.05) is 4.47 Å². The molecule has 0 amide bonds. The molecule has 0 unspecified atom stereocenters. The molecule has 0 aliphatic rings. The maximum absolute atomic E-state index is 13.8. The first-order valence-electron chi connectivity index (χ1n) is 5.93. The second-order valence-electron chi connectivity index (χ2n) is 4.22. The highest BCUT2D eigenvalue weighted by Crippen LogP contribution is 2.33. The van der Waals surface area contributed by atoms with Crippen molar-refractivity contribution in [2.24, 2.45) is 0 Å². The predicted octanol–water partition coefficient (Wildman–Crippen LogP) is 5.09. The monoisotopic (exact) mass is 370 g/mol. The zero-order valence-corrected chi connectivity index (χ0v) is 13.2. The van der Waals surface area contributed by atoms with Crippen LogP contribution in [0.15, 0.2) is 34.8 Å². The Bertz CT molecular complexity index is 799. The number of thiazole rings is 1. The van der Waals surface area contributed by atoms with Crippen molar-refractivity contribution in [1.29, 1.82) is 0 Å². The van der Waals surface area contributed by atoms with Gasteiger partial charge in [0.1, 0.15) is 11.4 Å². The van der Waals surface area contributed by atoms with Gasteiger partial charge in [0.05, 0.1) is 17.3 Å². The highest BCUT2D eigenvalue weighted by Gasteiger charge is 2.13. The van der Waals surface area contributed by atoms with Gasteiger partial charge < -0.3 is 10.1 Å². The van der Waals surface area contributed by atoms with Crippen LogP contribution < -0.4 is 10.1 Å². The number of rotatable bonds is 3. The molecular weight excluding hydrogens is 362 g/mol. The van der Waals surface area contributed by atoms with Gasteiger partial charge in [0.2, 0.25) is 0 Å². The first kappa shape index (κ1) is 14.2. The summed E-state index contributed by atoms with van der Waals surface area (Å²) in [5.41, 5.74) is 0.519. The van der Waals surface area contributed by atoms with E-state index in [0.717, 1.165) is 10.2 Å². The van der Waals surface area contributed by atoms with Crippen LogP contribution in [0.2, 0.25) is 0 Å². The zero-order valence-electron chi connectivity index (χ0n) is 10.8. The highest BCUT2D eigenvalue weighted by molar-refractivity contribution is 9.10. The molecule has 1 heterocycles. The Labute approximate surface area is 131 Å². The summed E-state index contributed by atoms with van der Waals surface area (Å²) < 4.78 is 33.9. The fourth-order valence-electron chi connectivity index (χ4n) is 1.85. The number of ether oxygens (including phenoxy) is 1. The third-order valence-corrected chi connectivity index (χ3v) is 4.23. The lowest BCUT2D eigenvalue weighted by molar-refractivity contribution is 0.415. The Morgan fingerprint density at radius 1 is 1.19 bits per heavy atom. The average Bonchev–Trinajstić information content (AvgIpc) is 2.84. The molecule has 0 aliphatic heterocycles. The molecule has 3 nitrogen and oxygen atoms in total. The molecule has 0 aliphatic carbocycles. The molecule has 0 fully saturated rings. The van der Waals surface area contributed by atoms with Gasteiger partial charge in [0.25, 0.3) is 0 Å². The summed E-state index contributed by atoms with van der Waals surface area (Å²) in [4.78, 5) is 4.29. The lowest BCUT2D eigenvalue weighted by Crippen LogP contribution is -1.97. The summed E-state index contributed by atoms with van der Waals surface area (Å²) in [6, 6.07) is 7.80. The number of aromatic nitrogens is 1. The van der Waals surface area contributed by atoms with Gasteiger partial charge >= 0.3 is 0 Å². The molecule has 0 saturated carbocycles. The van der Waals surface area contributed by atoms with E-state index in [1.165, 1.54) is 23.5 Å². The first-order chi connectivity index (χ1) is 10.1. The van der Waals surface area contributed by atoms with E-state index in [2.05, 4.69) is 26.2 Å². The summed E-state index contributed by atoms with van der Waals surface area (Å²) in [5, 5.41) is 3.11. The normalized spacial score (nSPS) is 10.9. The Balaban J connectivity index is 1.98. The number of hydrogen-bond acceptors (Lipinski definition) is 4. The van der Waals surface area contributed by atoms with Crippen LogP contribution >= 0.6 is 27.3 Å². The van der Waals surface area contributed by atoms with Gasteiger partial charge in [-0.15, -0.1) is 0 Å². The molecule has 21 heavy (non-hydrogen) atoms. The van der Waals surface area contributed by atoms with Gasteiger partial charge in [-0.2, -0.15) is 0 Å². The molecule has 0 atom stereocenters. The van der Waals surface area contributed by atoms with Crippen molar-refractivity contribution in [1.82, 2.24) is 4.98 Å². The summed E-state index contributed by atoms with van der Waals surface area (Å²) in [6.07, 6.45) is 0. The summed E-state index contributed by atoms with van der Waals surface area (Å²) >= 11 is 4.34. The number of methoxy groups -OCH3 is 1. The van der Waals surface area contributed by atoms with Crippen LogP contribution in [0.5, 0.6) is 5.75 Å². The lowest BCUT2D eigenvalue weighted by atomic mass is 10.3. The summed E-state index contributed by atoms with van der Waals surface area (Å²) in [7, 11) is 1.58. The largest absolute Gasteiger partial charge is 0.497 e. The minimum absolute atomic E-state index is 0.218. The van der Waals surface area contributed by atoms with E-state index in [9.17, 15) is 8.78 Å². The van der Waals surface area contributed by atoms with Crippen molar-refractivity contribution in [2.45, 2.75) is 0 Å². The van der Waals surface area contributed by atoms with Crippen LogP contribution in [-0.4, -0.2) is 12.1 Å². The van der Waals surface area contributed by atoms with Gasteiger partial charge in [-0.3, -0.25) is 0 Å². The molecular formula is C14H9BrF2N2OS. The molecule has 3 rings (SSSR count). The van der Waals surface area contributed by atoms with Crippen LogP contribution in [0.4, 0.5) is 19.6 Å². The van der Waals surface area contributed by atoms with Crippen molar-refractivity contribution in [3.63, 3.8) is 0 Å². The van der Waals surface area contributed by atoms with E-state index in [0.29, 0.717) is 15.4 Å². The fourth-order valence-corrected chi connectivity index (χ4v) is 3.15. The van der Waals surface area contributed by atoms with Crippen molar-refractivity contribution < 1.29 is 13.5 Å². The predicted molar refractivity (Wildman–Crippen MR) is 83.5 cm³/mol. The topological polar surface area (TPSA) is 34.1 Å². The standard InChI is InChI=1S/C14H9BrF2N2OS/c1-20-8-2-3-11-12(6-8)21-14(18-11)19-13-9(16)4-7(15)5-10(13)17/h2-6H,1H3,(H,18,19). The van der Waals surface area contributed by atoms with Crippen LogP contribution in [0.1, 0.15) is 0 Å². The van der Waals surface area contributed by atoms with Gasteiger partial charge in [0.15, 0.2) is 16.8 Å². The quantitative estimate of drug-likeness (QED) is 0.697. The van der Waals surface area contributed by atoms with E-state index < -0.39 is 11.6 Å². The van der Waals surface area contributed by atoms with Crippen LogP contribution in [-0.2, 0) is 0 Å². The van der Waals surface area contributed by atoms with Crippen LogP contribution in [0, 0.1) is 11.6 Å². The summed E-state index contributed by atoms with van der Waals surface area (Å²) in [5.74, 6) is -0.656. The number of halogens is 3. The highest BCUT2D eigenvalue weighted by atomic mass is 79.9. The maximum atomic E-state index is 13.8. The molecule has 108 valence electrons. The van der Waals surface area contributed by atoms with Crippen molar-refractivity contribution in [3.8, 4) is 5.75 Å². The number of benzene rings is 2. The molecule has 1 N–H and O–H groups in total. The summed E-state index contributed by atoms with van der Waals surface area (Å²) in [6.45, 7) is 0. The second-order valence-corrected chi connectivity index (χ2v) is 6.17. The molecule has 0 bridgehead atoms. The number of anilines is 2. The van der Waals surface area contributed by atoms with E-state index >= 15 is 0 Å². The Morgan fingerprint density at radius 3 is 2.57 bits per heavy atom. The second kappa shape index (κ2) is 5.57. The van der Waals surface area contributed by atoms with E-state index in [-0.39, 0.29) is 5.69 Å². The Kier molecular flexibility index (Phi) is 3.77. The SMILES string of the molecule is COc1ccc2nc(Nc3c(F)cc(Br)cc3F)sc2c1. The van der Waals surface area contributed by atoms with Crippen molar-refractivity contribution in [3.05, 3.63) is 46.4 Å². The zero-order chi connectivity index (χ0) is 15.0. The van der Waals surface area contributed by atoms with E-state index in [1.54, 1.807) is 19.2 Å². The van der Waals surface area contributed by atoms with Gasteiger partial charge in [-0.05, 0) is 30.3 Å². The minimum Gasteiger partial charge on any atom is -0.497 e. The minimum atomic E-state index is -0.682. The molecule has 7 heteroatoms. The van der Waals surface area contributed by atoms with Gasteiger partial charge in [-0.1, -0.05) is 27.3 Å². The first-order valence-corrected chi connectivity index (χ1v) is 7.54. The molecule has 1 aromatic heterocycles. The lowest BCUT2D eigenvalue weighted by Gasteiger charge is -2.06. The third-order valence-electron chi connectivity index (χ3n) is 2.83. The third kappa shape index (κ3) is 2.84. The van der Waals surface area contributed by atoms with E-state index in [1.807, 2.05) is 6.07 Å². The molecule has 0 spiro atoms. The number of nitrogens with zero attached hydrogens (tertiary/aromatic N) is 1. The molecule has 0 saturated heterocycles. The number of hydrogen-bond donors (Lipinski definition) is 1. The maximum Gasteiger partial charge on any atom is 0.188 e. The van der Waals surface area contributed by atoms with Crippen LogP contribution in [0.3, 0.4) is 0 Å². The number of fused-ring (bicyclic) bond motifs is 1. The van der Waals surface area contributed by atoms with Crippen LogP contribution in [0.25, 0.3) is 10.2 Å². The average molecular weight is 371 g/mol. The number of nitrogens with one attached hydrogen (secondary N) is 1. The smallest absolute Gasteiger partial charge is 0.188 e. The van der Waals surface area contributed by atoms with Crippen molar-refractivity contribution >= 4 is 48.3 Å². The van der Waals surface area contributed by atoms with E-state index in [4.69, 9.17) is 4.74 Å². The Hall–Kier alpha value is -1.73. The molecule has 3 aromatic rings. The fraction of sp³-hybridized carbons (Fsp3) is 0.0714. The Morgan fingerprint density at radius 2 is 1.90 bits per heavy atom. The molecule has 2 aromatic carbocycles.